The van der Waals surface area contributed by atoms with Gasteiger partial charge in [-0.05, 0) is 73.5 Å². The van der Waals surface area contributed by atoms with Gasteiger partial charge in [0, 0.05) is 20.7 Å². The number of hydrogen-bond acceptors (Lipinski definition) is 6. The highest BCUT2D eigenvalue weighted by atomic mass is 79.9. The molecular formula is C26H23BrClN3O5. The predicted molar refractivity (Wildman–Crippen MR) is 142 cm³/mol. The Kier molecular flexibility index (Phi) is 9.61. The number of nitrogens with zero attached hydrogens (tertiary/aromatic N) is 1. The van der Waals surface area contributed by atoms with Crippen molar-refractivity contribution in [1.29, 1.82) is 0 Å². The molecule has 2 amide bonds. The highest BCUT2D eigenvalue weighted by Gasteiger charge is 2.15. The van der Waals surface area contributed by atoms with Crippen molar-refractivity contribution in [2.45, 2.75) is 20.3 Å². The number of ether oxygens (including phenoxy) is 2. The van der Waals surface area contributed by atoms with Gasteiger partial charge in [0.1, 0.15) is 11.5 Å². The molecule has 0 saturated carbocycles. The highest BCUT2D eigenvalue weighted by Crippen LogP contribution is 2.24. The van der Waals surface area contributed by atoms with E-state index in [2.05, 4.69) is 31.8 Å². The molecule has 3 rings (SSSR count). The molecule has 3 aromatic rings. The van der Waals surface area contributed by atoms with Crippen molar-refractivity contribution in [3.8, 4) is 11.5 Å². The third-order valence-corrected chi connectivity index (χ3v) is 5.73. The summed E-state index contributed by atoms with van der Waals surface area (Å²) in [5.74, 6) is -1.59. The molecule has 0 unspecified atom stereocenters. The summed E-state index contributed by atoms with van der Waals surface area (Å²) in [6.45, 7) is 4.31. The number of anilines is 1. The summed E-state index contributed by atoms with van der Waals surface area (Å²) < 4.78 is 11.7. The minimum Gasteiger partial charge on any atom is -0.494 e. The Morgan fingerprint density at radius 2 is 1.81 bits per heavy atom. The van der Waals surface area contributed by atoms with Crippen LogP contribution in [0.4, 0.5) is 5.69 Å². The zero-order valence-corrected chi connectivity index (χ0v) is 21.9. The normalized spacial score (nSPS) is 10.7. The summed E-state index contributed by atoms with van der Waals surface area (Å²) in [5, 5.41) is 6.77. The summed E-state index contributed by atoms with van der Waals surface area (Å²) in [6.07, 6.45) is 2.15. The minimum absolute atomic E-state index is 0.214. The fourth-order valence-corrected chi connectivity index (χ4v) is 3.47. The Bertz CT molecular complexity index is 1300. The van der Waals surface area contributed by atoms with Gasteiger partial charge in [-0.1, -0.05) is 40.5 Å². The van der Waals surface area contributed by atoms with Gasteiger partial charge < -0.3 is 14.8 Å². The molecule has 0 radical (unpaired) electrons. The summed E-state index contributed by atoms with van der Waals surface area (Å²) in [4.78, 5) is 37.0. The number of amides is 2. The Labute approximate surface area is 221 Å². The molecule has 8 nitrogen and oxygen atoms in total. The van der Waals surface area contributed by atoms with Crippen molar-refractivity contribution in [3.63, 3.8) is 0 Å². The van der Waals surface area contributed by atoms with Crippen LogP contribution in [0.25, 0.3) is 0 Å². The second-order valence-electron chi connectivity index (χ2n) is 7.51. The maximum absolute atomic E-state index is 12.6. The lowest BCUT2D eigenvalue weighted by Gasteiger charge is -2.09. The first-order chi connectivity index (χ1) is 17.3. The second kappa shape index (κ2) is 12.9. The number of rotatable bonds is 8. The average molecular weight is 573 g/mol. The lowest BCUT2D eigenvalue weighted by atomic mass is 10.2. The average Bonchev–Trinajstić information content (AvgIpc) is 2.87. The SMILES string of the molecule is CCCOc1ccc(C(=O)Oc2ccc(Br)cc2/C=N\NC(=O)C(=O)Nc2cccc(Cl)c2C)cc1. The maximum atomic E-state index is 12.6. The largest absolute Gasteiger partial charge is 0.494 e. The molecule has 0 aliphatic rings. The number of hydrogen-bond donors (Lipinski definition) is 2. The van der Waals surface area contributed by atoms with E-state index in [1.807, 2.05) is 6.92 Å². The number of carbonyl (C=O) groups excluding carboxylic acids is 3. The third kappa shape index (κ3) is 7.40. The van der Waals surface area contributed by atoms with Crippen LogP contribution >= 0.6 is 27.5 Å². The van der Waals surface area contributed by atoms with E-state index in [9.17, 15) is 14.4 Å². The molecule has 0 aromatic heterocycles. The van der Waals surface area contributed by atoms with E-state index in [1.165, 1.54) is 6.21 Å². The summed E-state index contributed by atoms with van der Waals surface area (Å²) >= 11 is 9.39. The van der Waals surface area contributed by atoms with Crippen LogP contribution in [0.1, 0.15) is 34.8 Å². The first kappa shape index (κ1) is 26.9. The van der Waals surface area contributed by atoms with Crippen LogP contribution in [0.2, 0.25) is 5.02 Å². The quantitative estimate of drug-likeness (QED) is 0.122. The van der Waals surface area contributed by atoms with Crippen molar-refractivity contribution in [2.75, 3.05) is 11.9 Å². The first-order valence-corrected chi connectivity index (χ1v) is 12.1. The standard InChI is InChI=1S/C26H23BrClN3O5/c1-3-13-35-20-10-7-17(8-11-20)26(34)36-23-12-9-19(27)14-18(23)15-29-31-25(33)24(32)30-22-6-4-5-21(28)16(22)2/h4-12,14-15H,3,13H2,1-2H3,(H,30,32)(H,31,33)/b29-15-. The highest BCUT2D eigenvalue weighted by molar-refractivity contribution is 9.10. The van der Waals surface area contributed by atoms with Gasteiger partial charge >= 0.3 is 17.8 Å². The Balaban J connectivity index is 1.65. The molecule has 0 bridgehead atoms. The van der Waals surface area contributed by atoms with Crippen LogP contribution in [0, 0.1) is 6.92 Å². The van der Waals surface area contributed by atoms with Gasteiger partial charge in [-0.15, -0.1) is 0 Å². The van der Waals surface area contributed by atoms with Gasteiger partial charge in [-0.25, -0.2) is 10.2 Å². The van der Waals surface area contributed by atoms with E-state index in [0.29, 0.717) is 44.2 Å². The molecule has 186 valence electrons. The van der Waals surface area contributed by atoms with Gasteiger partial charge in [0.15, 0.2) is 0 Å². The fraction of sp³-hybridized carbons (Fsp3) is 0.154. The maximum Gasteiger partial charge on any atom is 0.343 e. The third-order valence-electron chi connectivity index (χ3n) is 4.83. The first-order valence-electron chi connectivity index (χ1n) is 10.9. The van der Waals surface area contributed by atoms with Crippen LogP contribution in [0.3, 0.4) is 0 Å². The number of nitrogens with one attached hydrogen (secondary N) is 2. The van der Waals surface area contributed by atoms with Gasteiger partial charge in [0.2, 0.25) is 0 Å². The molecule has 0 spiro atoms. The molecule has 2 N–H and O–H groups in total. The molecule has 0 fully saturated rings. The Hall–Kier alpha value is -3.69. The number of carbonyl (C=O) groups is 3. The molecule has 10 heteroatoms. The van der Waals surface area contributed by atoms with Crippen LogP contribution in [-0.4, -0.2) is 30.6 Å². The molecule has 0 heterocycles. The van der Waals surface area contributed by atoms with E-state index in [4.69, 9.17) is 21.1 Å². The molecular weight excluding hydrogens is 550 g/mol. The van der Waals surface area contributed by atoms with Gasteiger partial charge in [0.05, 0.1) is 18.4 Å². The fourth-order valence-electron chi connectivity index (χ4n) is 2.91. The van der Waals surface area contributed by atoms with Crippen LogP contribution in [0.15, 0.2) is 70.2 Å². The van der Waals surface area contributed by atoms with Gasteiger partial charge in [-0.3, -0.25) is 9.59 Å². The topological polar surface area (TPSA) is 106 Å². The molecule has 3 aromatic carbocycles. The van der Waals surface area contributed by atoms with E-state index < -0.39 is 17.8 Å². The molecule has 0 aliphatic heterocycles. The second-order valence-corrected chi connectivity index (χ2v) is 8.83. The van der Waals surface area contributed by atoms with Gasteiger partial charge in [0.25, 0.3) is 0 Å². The summed E-state index contributed by atoms with van der Waals surface area (Å²) in [5.41, 5.74) is 3.94. The molecule has 0 atom stereocenters. The Morgan fingerprint density at radius 1 is 1.06 bits per heavy atom. The predicted octanol–water partition coefficient (Wildman–Crippen LogP) is 5.51. The van der Waals surface area contributed by atoms with E-state index in [1.54, 1.807) is 67.6 Å². The monoisotopic (exact) mass is 571 g/mol. The zero-order valence-electron chi connectivity index (χ0n) is 19.5. The van der Waals surface area contributed by atoms with E-state index >= 15 is 0 Å². The molecule has 0 aliphatic carbocycles. The summed E-state index contributed by atoms with van der Waals surface area (Å²) in [7, 11) is 0. The van der Waals surface area contributed by atoms with Crippen molar-refractivity contribution in [3.05, 3.63) is 86.8 Å². The minimum atomic E-state index is -0.982. The van der Waals surface area contributed by atoms with Crippen molar-refractivity contribution in [1.82, 2.24) is 5.43 Å². The van der Waals surface area contributed by atoms with Gasteiger partial charge in [-0.2, -0.15) is 5.10 Å². The van der Waals surface area contributed by atoms with Crippen molar-refractivity contribution < 1.29 is 23.9 Å². The lowest BCUT2D eigenvalue weighted by Crippen LogP contribution is -2.32. The summed E-state index contributed by atoms with van der Waals surface area (Å²) in [6, 6.07) is 16.5. The van der Waals surface area contributed by atoms with E-state index in [-0.39, 0.29) is 5.75 Å². The number of halogens is 2. The zero-order chi connectivity index (χ0) is 26.1. The molecule has 0 saturated heterocycles. The van der Waals surface area contributed by atoms with Crippen molar-refractivity contribution >= 4 is 57.2 Å². The lowest BCUT2D eigenvalue weighted by molar-refractivity contribution is -0.136. The van der Waals surface area contributed by atoms with E-state index in [0.717, 1.165) is 6.42 Å². The van der Waals surface area contributed by atoms with Crippen LogP contribution < -0.4 is 20.2 Å². The number of hydrazone groups is 1. The smallest absolute Gasteiger partial charge is 0.343 e. The number of benzene rings is 3. The van der Waals surface area contributed by atoms with Crippen molar-refractivity contribution in [2.24, 2.45) is 5.10 Å². The number of esters is 1. The van der Waals surface area contributed by atoms with Crippen LogP contribution in [0.5, 0.6) is 11.5 Å². The Morgan fingerprint density at radius 3 is 2.53 bits per heavy atom. The molecule has 36 heavy (non-hydrogen) atoms. The van der Waals surface area contributed by atoms with Crippen LogP contribution in [-0.2, 0) is 9.59 Å².